The van der Waals surface area contributed by atoms with Crippen LogP contribution in [0.5, 0.6) is 0 Å². The fourth-order valence-electron chi connectivity index (χ4n) is 3.49. The van der Waals surface area contributed by atoms with Gasteiger partial charge >= 0.3 is 0 Å². The number of hydrogen-bond donors (Lipinski definition) is 0. The molecule has 0 spiro atoms. The molecule has 1 aromatic heterocycles. The second-order valence-electron chi connectivity index (χ2n) is 7.31. The molecule has 0 saturated carbocycles. The van der Waals surface area contributed by atoms with Crippen molar-refractivity contribution in [2.75, 3.05) is 13.1 Å². The molecule has 0 aliphatic carbocycles. The lowest BCUT2D eigenvalue weighted by Crippen LogP contribution is -2.45. The minimum atomic E-state index is -0.251. The smallest absolute Gasteiger partial charge is 0.224 e. The van der Waals surface area contributed by atoms with Crippen molar-refractivity contribution >= 4 is 5.91 Å². The first-order valence-electron chi connectivity index (χ1n) is 9.18. The molecule has 5 heteroatoms. The molecule has 1 unspecified atom stereocenters. The van der Waals surface area contributed by atoms with Gasteiger partial charge in [0, 0.05) is 51.0 Å². The van der Waals surface area contributed by atoms with Gasteiger partial charge in [0.2, 0.25) is 5.91 Å². The third-order valence-electron chi connectivity index (χ3n) is 4.97. The van der Waals surface area contributed by atoms with Gasteiger partial charge in [-0.1, -0.05) is 32.0 Å². The molecule has 0 radical (unpaired) electrons. The van der Waals surface area contributed by atoms with Crippen molar-refractivity contribution in [3.8, 4) is 0 Å². The largest absolute Gasteiger partial charge is 0.334 e. The third kappa shape index (κ3) is 4.67. The molecule has 1 aliphatic heterocycles. The minimum absolute atomic E-state index is 0.131. The van der Waals surface area contributed by atoms with E-state index in [1.807, 2.05) is 17.2 Å². The Labute approximate surface area is 154 Å². The number of rotatable bonds is 5. The summed E-state index contributed by atoms with van der Waals surface area (Å²) in [5, 5.41) is 0. The Morgan fingerprint density at radius 1 is 1.15 bits per heavy atom. The second-order valence-corrected chi connectivity index (χ2v) is 7.31. The van der Waals surface area contributed by atoms with E-state index in [0.717, 1.165) is 30.8 Å². The van der Waals surface area contributed by atoms with Gasteiger partial charge in [0.05, 0.1) is 0 Å². The molecular weight excluding hydrogens is 329 g/mol. The molecule has 1 aliphatic rings. The van der Waals surface area contributed by atoms with Crippen molar-refractivity contribution in [2.24, 2.45) is 5.92 Å². The predicted octanol–water partition coefficient (Wildman–Crippen LogP) is 3.48. The predicted molar refractivity (Wildman–Crippen MR) is 99.7 cm³/mol. The Morgan fingerprint density at radius 3 is 2.58 bits per heavy atom. The molecule has 1 fully saturated rings. The van der Waals surface area contributed by atoms with Crippen molar-refractivity contribution in [3.63, 3.8) is 0 Å². The monoisotopic (exact) mass is 355 g/mol. The van der Waals surface area contributed by atoms with Gasteiger partial charge in [0.25, 0.3) is 0 Å². The number of halogens is 1. The van der Waals surface area contributed by atoms with Crippen LogP contribution in [0.1, 0.15) is 31.4 Å². The molecule has 1 atom stereocenters. The normalized spacial score (nSPS) is 19.0. The molecule has 26 heavy (non-hydrogen) atoms. The van der Waals surface area contributed by atoms with Crippen molar-refractivity contribution < 1.29 is 9.18 Å². The van der Waals surface area contributed by atoms with Gasteiger partial charge in [0.1, 0.15) is 5.82 Å². The van der Waals surface area contributed by atoms with Crippen LogP contribution >= 0.6 is 0 Å². The van der Waals surface area contributed by atoms with Crippen LogP contribution in [0.3, 0.4) is 0 Å². The summed E-state index contributed by atoms with van der Waals surface area (Å²) in [4.78, 5) is 21.3. The van der Waals surface area contributed by atoms with Crippen LogP contribution in [-0.2, 0) is 17.9 Å². The highest BCUT2D eigenvalue weighted by molar-refractivity contribution is 5.77. The van der Waals surface area contributed by atoms with E-state index in [-0.39, 0.29) is 17.8 Å². The topological polar surface area (TPSA) is 36.4 Å². The molecule has 3 rings (SSSR count). The Morgan fingerprint density at radius 2 is 1.92 bits per heavy atom. The van der Waals surface area contributed by atoms with Crippen LogP contribution in [0.25, 0.3) is 0 Å². The molecule has 1 saturated heterocycles. The van der Waals surface area contributed by atoms with Gasteiger partial charge in [-0.2, -0.15) is 0 Å². The first-order valence-corrected chi connectivity index (χ1v) is 9.18. The van der Waals surface area contributed by atoms with Gasteiger partial charge in [0.15, 0.2) is 0 Å². The zero-order valence-electron chi connectivity index (χ0n) is 15.4. The molecule has 0 N–H and O–H groups in total. The minimum Gasteiger partial charge on any atom is -0.334 e. The molecule has 138 valence electrons. The van der Waals surface area contributed by atoms with E-state index in [1.54, 1.807) is 18.3 Å². The number of nitrogens with zero attached hydrogens (tertiary/aromatic N) is 3. The standard InChI is InChI=1S/C21H26FN3O/c1-16(2)20-15-24(13-18-4-3-10-23-12-18)11-9-21(26)25(20)14-17-5-7-19(22)8-6-17/h3-8,10,12,16,20H,9,11,13-15H2,1-2H3. The molecule has 0 bridgehead atoms. The number of pyridine rings is 1. The average molecular weight is 355 g/mol. The number of amides is 1. The van der Waals surface area contributed by atoms with E-state index >= 15 is 0 Å². The van der Waals surface area contributed by atoms with E-state index < -0.39 is 0 Å². The summed E-state index contributed by atoms with van der Waals surface area (Å²) in [6.07, 6.45) is 4.16. The van der Waals surface area contributed by atoms with Crippen molar-refractivity contribution in [2.45, 2.75) is 39.4 Å². The average Bonchev–Trinajstić information content (AvgIpc) is 2.78. The highest BCUT2D eigenvalue weighted by atomic mass is 19.1. The summed E-state index contributed by atoms with van der Waals surface area (Å²) in [5.41, 5.74) is 2.13. The summed E-state index contributed by atoms with van der Waals surface area (Å²) >= 11 is 0. The molecule has 4 nitrogen and oxygen atoms in total. The first-order chi connectivity index (χ1) is 12.5. The summed E-state index contributed by atoms with van der Waals surface area (Å²) in [6.45, 7) is 7.22. The summed E-state index contributed by atoms with van der Waals surface area (Å²) in [5.74, 6) is 0.259. The highest BCUT2D eigenvalue weighted by Crippen LogP contribution is 2.22. The van der Waals surface area contributed by atoms with Gasteiger partial charge in [-0.05, 0) is 35.2 Å². The summed E-state index contributed by atoms with van der Waals surface area (Å²) in [6, 6.07) is 10.6. The zero-order valence-corrected chi connectivity index (χ0v) is 15.4. The van der Waals surface area contributed by atoms with E-state index in [9.17, 15) is 9.18 Å². The molecule has 1 aromatic carbocycles. The Bertz CT molecular complexity index is 718. The van der Waals surface area contributed by atoms with Crippen LogP contribution in [-0.4, -0.2) is 39.8 Å². The lowest BCUT2D eigenvalue weighted by atomic mass is 10.0. The fraction of sp³-hybridized carbons (Fsp3) is 0.429. The quantitative estimate of drug-likeness (QED) is 0.824. The summed E-state index contributed by atoms with van der Waals surface area (Å²) < 4.78 is 13.2. The molecule has 1 amide bonds. The molecular formula is C21H26FN3O. The van der Waals surface area contributed by atoms with Crippen molar-refractivity contribution in [3.05, 3.63) is 65.7 Å². The highest BCUT2D eigenvalue weighted by Gasteiger charge is 2.31. The maximum atomic E-state index is 13.2. The zero-order chi connectivity index (χ0) is 18.5. The van der Waals surface area contributed by atoms with Gasteiger partial charge in [-0.25, -0.2) is 4.39 Å². The van der Waals surface area contributed by atoms with Crippen LogP contribution in [0.15, 0.2) is 48.8 Å². The summed E-state index contributed by atoms with van der Waals surface area (Å²) in [7, 11) is 0. The number of aromatic nitrogens is 1. The molecule has 2 aromatic rings. The number of benzene rings is 1. The Hall–Kier alpha value is -2.27. The second kappa shape index (κ2) is 8.41. The van der Waals surface area contributed by atoms with Crippen molar-refractivity contribution in [1.29, 1.82) is 0 Å². The van der Waals surface area contributed by atoms with Gasteiger partial charge in [-0.15, -0.1) is 0 Å². The Kier molecular flexibility index (Phi) is 5.99. The SMILES string of the molecule is CC(C)C1CN(Cc2cccnc2)CCC(=O)N1Cc1ccc(F)cc1. The van der Waals surface area contributed by atoms with E-state index in [2.05, 4.69) is 29.8 Å². The molecule has 2 heterocycles. The number of carbonyl (C=O) groups is 1. The van der Waals surface area contributed by atoms with Crippen LogP contribution in [0.4, 0.5) is 4.39 Å². The van der Waals surface area contributed by atoms with Crippen LogP contribution < -0.4 is 0 Å². The first kappa shape index (κ1) is 18.5. The van der Waals surface area contributed by atoms with Gasteiger partial charge < -0.3 is 4.90 Å². The van der Waals surface area contributed by atoms with E-state index in [4.69, 9.17) is 0 Å². The van der Waals surface area contributed by atoms with E-state index in [0.29, 0.717) is 18.9 Å². The number of hydrogen-bond acceptors (Lipinski definition) is 3. The fourth-order valence-corrected chi connectivity index (χ4v) is 3.49. The maximum absolute atomic E-state index is 13.2. The third-order valence-corrected chi connectivity index (χ3v) is 4.97. The number of carbonyl (C=O) groups excluding carboxylic acids is 1. The van der Waals surface area contributed by atoms with Gasteiger partial charge in [-0.3, -0.25) is 14.7 Å². The lowest BCUT2D eigenvalue weighted by molar-refractivity contribution is -0.134. The van der Waals surface area contributed by atoms with Crippen LogP contribution in [0.2, 0.25) is 0 Å². The van der Waals surface area contributed by atoms with E-state index in [1.165, 1.54) is 12.1 Å². The maximum Gasteiger partial charge on any atom is 0.224 e. The van der Waals surface area contributed by atoms with Crippen LogP contribution in [0, 0.1) is 11.7 Å². The van der Waals surface area contributed by atoms with Crippen molar-refractivity contribution in [1.82, 2.24) is 14.8 Å². The lowest BCUT2D eigenvalue weighted by Gasteiger charge is -2.35. The Balaban J connectivity index is 1.76.